The second-order valence-electron chi connectivity index (χ2n) is 5.23. The fourth-order valence-corrected chi connectivity index (χ4v) is 2.75. The Hall–Kier alpha value is -2.46. The van der Waals surface area contributed by atoms with Crippen molar-refractivity contribution < 1.29 is 27.9 Å². The van der Waals surface area contributed by atoms with Crippen molar-refractivity contribution in [3.63, 3.8) is 0 Å². The average Bonchev–Trinajstić information content (AvgIpc) is 2.57. The first kappa shape index (κ1) is 20.6. The van der Waals surface area contributed by atoms with Crippen molar-refractivity contribution >= 4 is 27.8 Å². The Bertz CT molecular complexity index is 745. The number of carbonyl (C=O) groups excluding carboxylic acids is 2. The maximum atomic E-state index is 12.6. The highest BCUT2D eigenvalue weighted by molar-refractivity contribution is 7.89. The molecule has 1 aromatic rings. The smallest absolute Gasteiger partial charge is 0.326 e. The number of rotatable bonds is 8. The van der Waals surface area contributed by atoms with E-state index in [1.165, 1.54) is 45.2 Å². The van der Waals surface area contributed by atoms with Gasteiger partial charge in [-0.3, -0.25) is 9.59 Å². The Kier molecular flexibility index (Phi) is 7.07. The number of benzene rings is 1. The van der Waals surface area contributed by atoms with Crippen LogP contribution in [0.4, 0.5) is 0 Å². The van der Waals surface area contributed by atoms with E-state index in [1.54, 1.807) is 0 Å². The van der Waals surface area contributed by atoms with E-state index >= 15 is 0 Å². The van der Waals surface area contributed by atoms with Crippen molar-refractivity contribution in [1.29, 1.82) is 0 Å². The molecule has 0 saturated heterocycles. The van der Waals surface area contributed by atoms with Crippen LogP contribution in [0.15, 0.2) is 29.2 Å². The number of carboxylic acids is 1. The van der Waals surface area contributed by atoms with Crippen LogP contribution in [0.1, 0.15) is 24.2 Å². The van der Waals surface area contributed by atoms with E-state index in [4.69, 9.17) is 0 Å². The summed E-state index contributed by atoms with van der Waals surface area (Å²) in [6.45, 7) is 2.77. The lowest BCUT2D eigenvalue weighted by molar-refractivity contribution is -0.141. The minimum Gasteiger partial charge on any atom is -0.480 e. The normalized spacial score (nSPS) is 12.3. The monoisotopic (exact) mass is 371 g/mol. The minimum atomic E-state index is -3.63. The van der Waals surface area contributed by atoms with Gasteiger partial charge in [-0.25, -0.2) is 17.9 Å². The molecule has 1 unspecified atom stereocenters. The molecular weight excluding hydrogens is 350 g/mol. The van der Waals surface area contributed by atoms with E-state index < -0.39 is 27.9 Å². The molecule has 10 heteroatoms. The third kappa shape index (κ3) is 5.54. The highest BCUT2D eigenvalue weighted by atomic mass is 32.2. The fourth-order valence-electron chi connectivity index (χ4n) is 2.02. The number of hydrogen-bond donors (Lipinski definition) is 3. The van der Waals surface area contributed by atoms with Crippen LogP contribution < -0.4 is 10.0 Å². The van der Waals surface area contributed by atoms with E-state index in [9.17, 15) is 27.9 Å². The number of carbonyl (C=O) groups is 3. The summed E-state index contributed by atoms with van der Waals surface area (Å²) in [6.07, 6.45) is 0. The summed E-state index contributed by atoms with van der Waals surface area (Å²) in [5.41, 5.74) is 0.144. The molecule has 0 aromatic heterocycles. The number of hydrogen-bond acceptors (Lipinski definition) is 5. The van der Waals surface area contributed by atoms with Gasteiger partial charge in [0.15, 0.2) is 0 Å². The number of nitrogens with zero attached hydrogens (tertiary/aromatic N) is 1. The van der Waals surface area contributed by atoms with Crippen molar-refractivity contribution in [3.05, 3.63) is 29.8 Å². The molecule has 1 aromatic carbocycles. The van der Waals surface area contributed by atoms with Gasteiger partial charge >= 0.3 is 5.97 Å². The van der Waals surface area contributed by atoms with Crippen LogP contribution in [0.3, 0.4) is 0 Å². The van der Waals surface area contributed by atoms with Crippen molar-refractivity contribution in [2.75, 3.05) is 20.1 Å². The molecule has 0 bridgehead atoms. The second kappa shape index (κ2) is 8.58. The lowest BCUT2D eigenvalue weighted by Gasteiger charge is -2.26. The van der Waals surface area contributed by atoms with Gasteiger partial charge < -0.3 is 15.3 Å². The molecule has 0 radical (unpaired) electrons. The molecule has 0 aliphatic rings. The Morgan fingerprint density at radius 2 is 1.76 bits per heavy atom. The van der Waals surface area contributed by atoms with Crippen LogP contribution in [0.2, 0.25) is 0 Å². The Balaban J connectivity index is 3.03. The number of carboxylic acid groups (broad SMARTS) is 1. The summed E-state index contributed by atoms with van der Waals surface area (Å²) in [6, 6.07) is 4.04. The summed E-state index contributed by atoms with van der Waals surface area (Å²) < 4.78 is 25.5. The highest BCUT2D eigenvalue weighted by Crippen LogP contribution is 2.13. The van der Waals surface area contributed by atoms with Gasteiger partial charge in [-0.1, -0.05) is 0 Å². The zero-order valence-electron chi connectivity index (χ0n) is 14.1. The second-order valence-corrected chi connectivity index (χ2v) is 7.11. The van der Waals surface area contributed by atoms with Gasteiger partial charge in [0.05, 0.1) is 4.90 Å². The molecule has 3 N–H and O–H groups in total. The molecule has 0 fully saturated rings. The minimum absolute atomic E-state index is 0.00243. The molecule has 0 aliphatic carbocycles. The summed E-state index contributed by atoms with van der Waals surface area (Å²) in [4.78, 5) is 35.8. The number of sulfonamides is 1. The average molecular weight is 371 g/mol. The summed E-state index contributed by atoms with van der Waals surface area (Å²) in [5.74, 6) is -2.06. The summed E-state index contributed by atoms with van der Waals surface area (Å²) >= 11 is 0. The van der Waals surface area contributed by atoms with Crippen molar-refractivity contribution in [2.45, 2.75) is 24.8 Å². The molecule has 0 heterocycles. The van der Waals surface area contributed by atoms with E-state index in [-0.39, 0.29) is 29.5 Å². The first-order valence-electron chi connectivity index (χ1n) is 7.42. The molecule has 1 atom stereocenters. The van der Waals surface area contributed by atoms with Crippen LogP contribution in [0.25, 0.3) is 0 Å². The van der Waals surface area contributed by atoms with Gasteiger partial charge in [0.1, 0.15) is 6.04 Å². The predicted octanol–water partition coefficient (Wildman–Crippen LogP) is -0.354. The third-order valence-corrected chi connectivity index (χ3v) is 4.92. The van der Waals surface area contributed by atoms with Crippen molar-refractivity contribution in [3.8, 4) is 0 Å². The van der Waals surface area contributed by atoms with Crippen LogP contribution in [0, 0.1) is 0 Å². The van der Waals surface area contributed by atoms with E-state index in [2.05, 4.69) is 10.0 Å². The largest absolute Gasteiger partial charge is 0.480 e. The van der Waals surface area contributed by atoms with Crippen molar-refractivity contribution in [2.24, 2.45) is 0 Å². The molecular formula is C15H21N3O6S. The SMILES string of the molecule is CNS(=O)(=O)c1ccc(C(=O)N(CCNC(C)=O)C(C)C(=O)O)cc1. The molecule has 9 nitrogen and oxygen atoms in total. The van der Waals surface area contributed by atoms with E-state index in [1.807, 2.05) is 0 Å². The number of nitrogens with one attached hydrogen (secondary N) is 2. The zero-order chi connectivity index (χ0) is 19.2. The van der Waals surface area contributed by atoms with Gasteiger partial charge in [-0.15, -0.1) is 0 Å². The first-order chi connectivity index (χ1) is 11.6. The van der Waals surface area contributed by atoms with Crippen LogP contribution in [-0.4, -0.2) is 62.4 Å². The quantitative estimate of drug-likeness (QED) is 0.572. The fraction of sp³-hybridized carbons (Fsp3) is 0.400. The number of aliphatic carboxylic acids is 1. The van der Waals surface area contributed by atoms with Gasteiger partial charge in [-0.05, 0) is 38.2 Å². The molecule has 138 valence electrons. The number of amides is 2. The molecule has 0 spiro atoms. The molecule has 1 rings (SSSR count). The van der Waals surface area contributed by atoms with Crippen LogP contribution >= 0.6 is 0 Å². The van der Waals surface area contributed by atoms with Crippen LogP contribution in [0.5, 0.6) is 0 Å². The maximum Gasteiger partial charge on any atom is 0.326 e. The maximum absolute atomic E-state index is 12.6. The van der Waals surface area contributed by atoms with Gasteiger partial charge in [0.25, 0.3) is 5.91 Å². The van der Waals surface area contributed by atoms with E-state index in [0.29, 0.717) is 0 Å². The summed E-state index contributed by atoms with van der Waals surface area (Å²) in [7, 11) is -2.36. The molecule has 0 aliphatic heterocycles. The predicted molar refractivity (Wildman–Crippen MR) is 89.5 cm³/mol. The molecule has 0 saturated carbocycles. The standard InChI is InChI=1S/C15H21N3O6S/c1-10(15(21)22)18(9-8-17-11(2)19)14(20)12-4-6-13(7-5-12)25(23,24)16-3/h4-7,10,16H,8-9H2,1-3H3,(H,17,19)(H,21,22). The van der Waals surface area contributed by atoms with Gasteiger partial charge in [0.2, 0.25) is 15.9 Å². The summed E-state index contributed by atoms with van der Waals surface area (Å²) in [5, 5.41) is 11.7. The Morgan fingerprint density at radius 3 is 2.20 bits per heavy atom. The first-order valence-corrected chi connectivity index (χ1v) is 8.90. The van der Waals surface area contributed by atoms with E-state index in [0.717, 1.165) is 4.90 Å². The topological polar surface area (TPSA) is 133 Å². The molecule has 2 amide bonds. The highest BCUT2D eigenvalue weighted by Gasteiger charge is 2.26. The third-order valence-electron chi connectivity index (χ3n) is 3.49. The Labute approximate surface area is 146 Å². The lowest BCUT2D eigenvalue weighted by atomic mass is 10.1. The van der Waals surface area contributed by atoms with Crippen LogP contribution in [-0.2, 0) is 19.6 Å². The van der Waals surface area contributed by atoms with Gasteiger partial charge in [0, 0.05) is 25.6 Å². The lowest BCUT2D eigenvalue weighted by Crippen LogP contribution is -2.46. The van der Waals surface area contributed by atoms with Gasteiger partial charge in [-0.2, -0.15) is 0 Å². The zero-order valence-corrected chi connectivity index (χ0v) is 15.0. The molecule has 25 heavy (non-hydrogen) atoms. The van der Waals surface area contributed by atoms with Crippen molar-refractivity contribution in [1.82, 2.24) is 14.9 Å². The Morgan fingerprint density at radius 1 is 1.20 bits per heavy atom.